The van der Waals surface area contributed by atoms with Crippen LogP contribution in [0.3, 0.4) is 0 Å². The molecular weight excluding hydrogens is 311 g/mol. The molecule has 0 aliphatic carbocycles. The monoisotopic (exact) mass is 324 g/mol. The summed E-state index contributed by atoms with van der Waals surface area (Å²) in [7, 11) is 0. The van der Waals surface area contributed by atoms with Gasteiger partial charge in [0.05, 0.1) is 5.56 Å². The van der Waals surface area contributed by atoms with E-state index < -0.39 is 5.97 Å². The van der Waals surface area contributed by atoms with Crippen molar-refractivity contribution in [3.05, 3.63) is 62.6 Å². The van der Waals surface area contributed by atoms with E-state index in [1.807, 2.05) is 13.8 Å². The molecule has 110 valence electrons. The molecule has 0 aromatic heterocycles. The third-order valence-electron chi connectivity index (χ3n) is 3.09. The van der Waals surface area contributed by atoms with Crippen LogP contribution in [0.25, 0.3) is 0 Å². The van der Waals surface area contributed by atoms with E-state index in [-0.39, 0.29) is 12.2 Å². The smallest absolute Gasteiger partial charge is 0.335 e. The lowest BCUT2D eigenvalue weighted by Crippen LogP contribution is -2.03. The fourth-order valence-electron chi connectivity index (χ4n) is 2.11. The zero-order valence-electron chi connectivity index (χ0n) is 11.6. The second kappa shape index (κ2) is 6.37. The second-order valence-electron chi connectivity index (χ2n) is 4.77. The minimum absolute atomic E-state index is 0.248. The number of hydrogen-bond acceptors (Lipinski definition) is 2. The highest BCUT2D eigenvalue weighted by Gasteiger charge is 2.11. The van der Waals surface area contributed by atoms with Crippen molar-refractivity contribution in [2.24, 2.45) is 0 Å². The summed E-state index contributed by atoms with van der Waals surface area (Å²) in [6.45, 7) is 3.90. The molecule has 0 bridgehead atoms. The quantitative estimate of drug-likeness (QED) is 0.871. The molecular formula is C16H14Cl2O3. The van der Waals surface area contributed by atoms with E-state index in [1.54, 1.807) is 30.3 Å². The number of hydrogen-bond donors (Lipinski definition) is 1. The molecule has 5 heteroatoms. The number of aromatic carboxylic acids is 1. The number of carbonyl (C=O) groups is 1. The predicted octanol–water partition coefficient (Wildman–Crippen LogP) is 4.89. The number of halogens is 2. The normalized spacial score (nSPS) is 10.5. The van der Waals surface area contributed by atoms with Crippen LogP contribution in [0.15, 0.2) is 30.3 Å². The molecule has 0 aliphatic rings. The van der Waals surface area contributed by atoms with E-state index in [4.69, 9.17) is 33.0 Å². The molecule has 2 rings (SSSR count). The summed E-state index contributed by atoms with van der Waals surface area (Å²) in [5.74, 6) is -0.290. The molecule has 0 atom stereocenters. The molecule has 0 aliphatic heterocycles. The highest BCUT2D eigenvalue weighted by atomic mass is 35.5. The third-order valence-corrected chi connectivity index (χ3v) is 3.69. The predicted molar refractivity (Wildman–Crippen MR) is 83.7 cm³/mol. The Labute approximate surface area is 133 Å². The summed E-state index contributed by atoms with van der Waals surface area (Å²) in [5, 5.41) is 10.2. The molecule has 2 aromatic rings. The molecule has 0 saturated heterocycles. The van der Waals surface area contributed by atoms with Gasteiger partial charge in [0.2, 0.25) is 0 Å². The number of rotatable bonds is 4. The molecule has 0 amide bonds. The maximum absolute atomic E-state index is 11.0. The number of ether oxygens (including phenoxy) is 1. The number of benzene rings is 2. The van der Waals surface area contributed by atoms with Gasteiger partial charge in [-0.25, -0.2) is 4.79 Å². The van der Waals surface area contributed by atoms with E-state index in [1.165, 1.54) is 0 Å². The lowest BCUT2D eigenvalue weighted by Gasteiger charge is -2.14. The van der Waals surface area contributed by atoms with Crippen LogP contribution in [0.1, 0.15) is 27.0 Å². The molecule has 0 saturated carbocycles. The maximum atomic E-state index is 11.0. The number of carboxylic acids is 1. The molecule has 21 heavy (non-hydrogen) atoms. The largest absolute Gasteiger partial charge is 0.488 e. The molecule has 0 unspecified atom stereocenters. The SMILES string of the molecule is Cc1cc(C(=O)O)cc(C)c1OCc1cc(Cl)ccc1Cl. The summed E-state index contributed by atoms with van der Waals surface area (Å²) < 4.78 is 5.79. The first kappa shape index (κ1) is 15.7. The van der Waals surface area contributed by atoms with Gasteiger partial charge in [-0.15, -0.1) is 0 Å². The van der Waals surface area contributed by atoms with Crippen LogP contribution < -0.4 is 4.74 Å². The van der Waals surface area contributed by atoms with Crippen molar-refractivity contribution in [2.75, 3.05) is 0 Å². The summed E-state index contributed by atoms with van der Waals surface area (Å²) in [6.07, 6.45) is 0. The van der Waals surface area contributed by atoms with Gasteiger partial charge in [-0.3, -0.25) is 0 Å². The first-order valence-corrected chi connectivity index (χ1v) is 7.05. The van der Waals surface area contributed by atoms with E-state index in [0.29, 0.717) is 15.8 Å². The van der Waals surface area contributed by atoms with E-state index in [0.717, 1.165) is 16.7 Å². The van der Waals surface area contributed by atoms with E-state index in [2.05, 4.69) is 0 Å². The lowest BCUT2D eigenvalue weighted by atomic mass is 10.1. The number of aryl methyl sites for hydroxylation is 2. The van der Waals surface area contributed by atoms with Crippen LogP contribution >= 0.6 is 23.2 Å². The molecule has 2 aromatic carbocycles. The zero-order chi connectivity index (χ0) is 15.6. The summed E-state index contributed by atoms with van der Waals surface area (Å²) in [6, 6.07) is 8.36. The van der Waals surface area contributed by atoms with Crippen molar-refractivity contribution in [1.29, 1.82) is 0 Å². The topological polar surface area (TPSA) is 46.5 Å². The highest BCUT2D eigenvalue weighted by Crippen LogP contribution is 2.28. The molecule has 0 heterocycles. The zero-order valence-corrected chi connectivity index (χ0v) is 13.1. The Balaban J connectivity index is 2.24. The highest BCUT2D eigenvalue weighted by molar-refractivity contribution is 6.33. The van der Waals surface area contributed by atoms with Crippen molar-refractivity contribution in [1.82, 2.24) is 0 Å². The summed E-state index contributed by atoms with van der Waals surface area (Å²) >= 11 is 12.0. The summed E-state index contributed by atoms with van der Waals surface area (Å²) in [4.78, 5) is 11.0. The molecule has 0 fully saturated rings. The third kappa shape index (κ3) is 3.69. The molecule has 0 radical (unpaired) electrons. The van der Waals surface area contributed by atoms with Crippen molar-refractivity contribution in [3.63, 3.8) is 0 Å². The van der Waals surface area contributed by atoms with Gasteiger partial charge in [0.15, 0.2) is 0 Å². The van der Waals surface area contributed by atoms with E-state index >= 15 is 0 Å². The minimum atomic E-state index is -0.953. The standard InChI is InChI=1S/C16H14Cl2O3/c1-9-5-11(16(19)20)6-10(2)15(9)21-8-12-7-13(17)3-4-14(12)18/h3-7H,8H2,1-2H3,(H,19,20). The van der Waals surface area contributed by atoms with Gasteiger partial charge in [0, 0.05) is 15.6 Å². The van der Waals surface area contributed by atoms with Gasteiger partial charge in [0.25, 0.3) is 0 Å². The Kier molecular flexibility index (Phi) is 4.76. The van der Waals surface area contributed by atoms with Crippen LogP contribution in [-0.2, 0) is 6.61 Å². The minimum Gasteiger partial charge on any atom is -0.488 e. The summed E-state index contributed by atoms with van der Waals surface area (Å²) in [5.41, 5.74) is 2.57. The van der Waals surface area contributed by atoms with Crippen molar-refractivity contribution in [2.45, 2.75) is 20.5 Å². The average molecular weight is 325 g/mol. The van der Waals surface area contributed by atoms with Gasteiger partial charge in [-0.1, -0.05) is 23.2 Å². The van der Waals surface area contributed by atoms with Crippen LogP contribution in [0.4, 0.5) is 0 Å². The number of carboxylic acid groups (broad SMARTS) is 1. The Hall–Kier alpha value is -1.71. The van der Waals surface area contributed by atoms with Crippen molar-refractivity contribution >= 4 is 29.2 Å². The fourth-order valence-corrected chi connectivity index (χ4v) is 2.47. The maximum Gasteiger partial charge on any atom is 0.335 e. The Morgan fingerprint density at radius 3 is 2.33 bits per heavy atom. The van der Waals surface area contributed by atoms with Crippen LogP contribution in [0, 0.1) is 13.8 Å². The van der Waals surface area contributed by atoms with Crippen molar-refractivity contribution in [3.8, 4) is 5.75 Å². The lowest BCUT2D eigenvalue weighted by molar-refractivity contribution is 0.0696. The van der Waals surface area contributed by atoms with Gasteiger partial charge in [-0.2, -0.15) is 0 Å². The first-order chi connectivity index (χ1) is 9.88. The van der Waals surface area contributed by atoms with Gasteiger partial charge < -0.3 is 9.84 Å². The van der Waals surface area contributed by atoms with Crippen LogP contribution in [-0.4, -0.2) is 11.1 Å². The van der Waals surface area contributed by atoms with Gasteiger partial charge in [-0.05, 0) is 55.3 Å². The first-order valence-electron chi connectivity index (χ1n) is 6.29. The van der Waals surface area contributed by atoms with Gasteiger partial charge in [0.1, 0.15) is 12.4 Å². The Morgan fingerprint density at radius 1 is 1.14 bits per heavy atom. The van der Waals surface area contributed by atoms with Crippen LogP contribution in [0.2, 0.25) is 10.0 Å². The molecule has 0 spiro atoms. The van der Waals surface area contributed by atoms with E-state index in [9.17, 15) is 4.79 Å². The second-order valence-corrected chi connectivity index (χ2v) is 5.61. The van der Waals surface area contributed by atoms with Gasteiger partial charge >= 0.3 is 5.97 Å². The van der Waals surface area contributed by atoms with Crippen molar-refractivity contribution < 1.29 is 14.6 Å². The fraction of sp³-hybridized carbons (Fsp3) is 0.188. The Morgan fingerprint density at radius 2 is 1.76 bits per heavy atom. The molecule has 3 nitrogen and oxygen atoms in total. The van der Waals surface area contributed by atoms with Crippen LogP contribution in [0.5, 0.6) is 5.75 Å². The average Bonchev–Trinajstić information content (AvgIpc) is 2.41. The molecule has 1 N–H and O–H groups in total. The Bertz CT molecular complexity index is 673.